The number of fused-ring (bicyclic) bond motifs is 1. The van der Waals surface area contributed by atoms with Crippen molar-refractivity contribution in [3.05, 3.63) is 77.7 Å². The van der Waals surface area contributed by atoms with E-state index in [0.717, 1.165) is 33.8 Å². The van der Waals surface area contributed by atoms with Gasteiger partial charge >= 0.3 is 0 Å². The molecule has 0 aliphatic heterocycles. The SMILES string of the molecule is CNc1cc(-c2cc3ncnc(NCc4ccc(OC)cc4OC)c3c(Oc3c(C)ccc(OC)c3C)n2)ccn1. The van der Waals surface area contributed by atoms with Crippen LogP contribution in [0, 0.1) is 13.8 Å². The predicted octanol–water partition coefficient (Wildman–Crippen LogP) is 6.18. The fourth-order valence-corrected chi connectivity index (χ4v) is 4.59. The van der Waals surface area contributed by atoms with Crippen LogP contribution in [0.1, 0.15) is 16.7 Å². The van der Waals surface area contributed by atoms with E-state index in [9.17, 15) is 0 Å². The molecule has 10 heteroatoms. The smallest absolute Gasteiger partial charge is 0.233 e. The molecule has 0 amide bonds. The molecule has 0 unspecified atom stereocenters. The highest BCUT2D eigenvalue weighted by Gasteiger charge is 2.19. The van der Waals surface area contributed by atoms with E-state index in [-0.39, 0.29) is 0 Å². The van der Waals surface area contributed by atoms with Crippen molar-refractivity contribution in [1.29, 1.82) is 0 Å². The Labute approximate surface area is 238 Å². The van der Waals surface area contributed by atoms with Crippen molar-refractivity contribution < 1.29 is 18.9 Å². The third-order valence-corrected chi connectivity index (χ3v) is 6.81. The Kier molecular flexibility index (Phi) is 8.00. The van der Waals surface area contributed by atoms with Crippen molar-refractivity contribution in [2.45, 2.75) is 20.4 Å². The van der Waals surface area contributed by atoms with Crippen LogP contribution >= 0.6 is 0 Å². The number of aromatic nitrogens is 4. The van der Waals surface area contributed by atoms with E-state index in [1.807, 2.05) is 69.4 Å². The highest BCUT2D eigenvalue weighted by atomic mass is 16.5. The number of hydrogen-bond donors (Lipinski definition) is 2. The van der Waals surface area contributed by atoms with E-state index >= 15 is 0 Å². The first-order valence-electron chi connectivity index (χ1n) is 13.0. The lowest BCUT2D eigenvalue weighted by molar-refractivity contribution is 0.391. The van der Waals surface area contributed by atoms with Crippen molar-refractivity contribution >= 4 is 22.5 Å². The summed E-state index contributed by atoms with van der Waals surface area (Å²) < 4.78 is 23.1. The zero-order valence-corrected chi connectivity index (χ0v) is 23.9. The van der Waals surface area contributed by atoms with Gasteiger partial charge in [0.05, 0.1) is 32.5 Å². The molecule has 0 aliphatic rings. The van der Waals surface area contributed by atoms with Crippen LogP contribution in [-0.2, 0) is 6.54 Å². The molecule has 0 radical (unpaired) electrons. The minimum Gasteiger partial charge on any atom is -0.497 e. The molecule has 0 fully saturated rings. The zero-order valence-electron chi connectivity index (χ0n) is 23.9. The molecule has 2 N–H and O–H groups in total. The lowest BCUT2D eigenvalue weighted by Gasteiger charge is -2.18. The van der Waals surface area contributed by atoms with E-state index in [0.29, 0.717) is 52.1 Å². The number of aryl methyl sites for hydroxylation is 1. The molecule has 0 saturated heterocycles. The lowest BCUT2D eigenvalue weighted by Crippen LogP contribution is -2.06. The summed E-state index contributed by atoms with van der Waals surface area (Å²) in [6.45, 7) is 4.38. The molecular weight excluding hydrogens is 520 g/mol. The Hall–Kier alpha value is -5.12. The fourth-order valence-electron chi connectivity index (χ4n) is 4.59. The molecule has 5 rings (SSSR count). The summed E-state index contributed by atoms with van der Waals surface area (Å²) in [4.78, 5) is 18.5. The Morgan fingerprint density at radius 1 is 0.829 bits per heavy atom. The minimum atomic E-state index is 0.365. The number of rotatable bonds is 10. The summed E-state index contributed by atoms with van der Waals surface area (Å²) in [5.74, 6) is 4.47. The van der Waals surface area contributed by atoms with Gasteiger partial charge in [-0.15, -0.1) is 0 Å². The zero-order chi connectivity index (χ0) is 28.9. The Balaban J connectivity index is 1.64. The van der Waals surface area contributed by atoms with Crippen LogP contribution in [0.2, 0.25) is 0 Å². The van der Waals surface area contributed by atoms with Gasteiger partial charge in [-0.1, -0.05) is 6.07 Å². The number of ether oxygens (including phenoxy) is 4. The predicted molar refractivity (Wildman–Crippen MR) is 160 cm³/mol. The molecule has 0 atom stereocenters. The van der Waals surface area contributed by atoms with Gasteiger partial charge in [0, 0.05) is 42.5 Å². The van der Waals surface area contributed by atoms with Crippen LogP contribution in [0.25, 0.3) is 22.2 Å². The van der Waals surface area contributed by atoms with Crippen LogP contribution in [-0.4, -0.2) is 48.3 Å². The number of hydrogen-bond acceptors (Lipinski definition) is 10. The quantitative estimate of drug-likeness (QED) is 0.208. The number of nitrogens with zero attached hydrogens (tertiary/aromatic N) is 4. The summed E-state index contributed by atoms with van der Waals surface area (Å²) in [6, 6.07) is 15.3. The van der Waals surface area contributed by atoms with Gasteiger partial charge < -0.3 is 29.6 Å². The average Bonchev–Trinajstić information content (AvgIpc) is 3.01. The first-order valence-corrected chi connectivity index (χ1v) is 13.0. The van der Waals surface area contributed by atoms with Gasteiger partial charge in [0.25, 0.3) is 0 Å². The normalized spacial score (nSPS) is 10.8. The maximum Gasteiger partial charge on any atom is 0.233 e. The van der Waals surface area contributed by atoms with E-state index in [2.05, 4.69) is 25.6 Å². The molecule has 210 valence electrons. The molecule has 41 heavy (non-hydrogen) atoms. The maximum absolute atomic E-state index is 6.60. The summed E-state index contributed by atoms with van der Waals surface area (Å²) in [5, 5.41) is 7.16. The van der Waals surface area contributed by atoms with E-state index in [1.165, 1.54) is 6.33 Å². The Morgan fingerprint density at radius 2 is 1.66 bits per heavy atom. The molecule has 0 aliphatic carbocycles. The number of nitrogens with one attached hydrogen (secondary N) is 2. The minimum absolute atomic E-state index is 0.365. The third-order valence-electron chi connectivity index (χ3n) is 6.81. The van der Waals surface area contributed by atoms with Gasteiger partial charge in [-0.25, -0.2) is 19.9 Å². The monoisotopic (exact) mass is 552 g/mol. The molecular formula is C31H32N6O4. The topological polar surface area (TPSA) is 113 Å². The number of anilines is 2. The molecule has 0 saturated carbocycles. The van der Waals surface area contributed by atoms with Crippen LogP contribution in [0.3, 0.4) is 0 Å². The fraction of sp³-hybridized carbons (Fsp3) is 0.226. The van der Waals surface area contributed by atoms with Crippen molar-refractivity contribution in [2.75, 3.05) is 39.0 Å². The molecule has 3 aromatic heterocycles. The average molecular weight is 553 g/mol. The molecule has 10 nitrogen and oxygen atoms in total. The third kappa shape index (κ3) is 5.62. The second-order valence-corrected chi connectivity index (χ2v) is 9.28. The van der Waals surface area contributed by atoms with Crippen molar-refractivity contribution in [1.82, 2.24) is 19.9 Å². The van der Waals surface area contributed by atoms with Crippen LogP contribution in [0.4, 0.5) is 11.6 Å². The summed E-state index contributed by atoms with van der Waals surface area (Å²) in [7, 11) is 6.72. The second-order valence-electron chi connectivity index (χ2n) is 9.28. The molecule has 0 bridgehead atoms. The highest BCUT2D eigenvalue weighted by molar-refractivity contribution is 5.95. The maximum atomic E-state index is 6.60. The van der Waals surface area contributed by atoms with Crippen LogP contribution < -0.4 is 29.6 Å². The van der Waals surface area contributed by atoms with Crippen LogP contribution in [0.5, 0.6) is 28.9 Å². The van der Waals surface area contributed by atoms with Gasteiger partial charge in [-0.2, -0.15) is 0 Å². The van der Waals surface area contributed by atoms with Gasteiger partial charge in [-0.05, 0) is 55.8 Å². The molecule has 3 heterocycles. The van der Waals surface area contributed by atoms with Gasteiger partial charge in [0.2, 0.25) is 5.88 Å². The highest BCUT2D eigenvalue weighted by Crippen LogP contribution is 2.39. The van der Waals surface area contributed by atoms with Gasteiger partial charge in [0.1, 0.15) is 46.3 Å². The van der Waals surface area contributed by atoms with Gasteiger partial charge in [0.15, 0.2) is 0 Å². The van der Waals surface area contributed by atoms with Crippen LogP contribution in [0.15, 0.2) is 61.1 Å². The Morgan fingerprint density at radius 3 is 2.41 bits per heavy atom. The number of benzene rings is 2. The first kappa shape index (κ1) is 27.4. The van der Waals surface area contributed by atoms with E-state index in [4.69, 9.17) is 23.9 Å². The second kappa shape index (κ2) is 12.0. The summed E-state index contributed by atoms with van der Waals surface area (Å²) in [6.07, 6.45) is 3.26. The Bertz CT molecular complexity index is 1710. The number of pyridine rings is 2. The van der Waals surface area contributed by atoms with Crippen molar-refractivity contribution in [3.8, 4) is 40.1 Å². The first-order chi connectivity index (χ1) is 19.9. The lowest BCUT2D eigenvalue weighted by atomic mass is 10.1. The summed E-state index contributed by atoms with van der Waals surface area (Å²) in [5.41, 5.74) is 4.97. The molecule has 5 aromatic rings. The van der Waals surface area contributed by atoms with Crippen molar-refractivity contribution in [2.24, 2.45) is 0 Å². The number of methoxy groups -OCH3 is 3. The molecule has 2 aromatic carbocycles. The standard InChI is InChI=1S/C31H32N6O4/c1-18-7-10-25(39-5)19(2)29(18)41-31-28-24(15-23(37-31)20-11-12-33-27(13-20)32-3)35-17-36-30(28)34-16-21-8-9-22(38-4)14-26(21)40-6/h7-15,17H,16H2,1-6H3,(H,32,33)(H,34,35,36). The van der Waals surface area contributed by atoms with E-state index < -0.39 is 0 Å². The van der Waals surface area contributed by atoms with E-state index in [1.54, 1.807) is 27.5 Å². The van der Waals surface area contributed by atoms with Crippen molar-refractivity contribution in [3.63, 3.8) is 0 Å². The van der Waals surface area contributed by atoms with Gasteiger partial charge in [-0.3, -0.25) is 0 Å². The summed E-state index contributed by atoms with van der Waals surface area (Å²) >= 11 is 0. The largest absolute Gasteiger partial charge is 0.497 e. The molecule has 0 spiro atoms.